The molecule has 2 saturated carbocycles. The van der Waals surface area contributed by atoms with Crippen LogP contribution < -0.4 is 0 Å². The molecule has 0 saturated heterocycles. The number of hydrogen-bond acceptors (Lipinski definition) is 1. The van der Waals surface area contributed by atoms with E-state index >= 15 is 0 Å². The van der Waals surface area contributed by atoms with E-state index in [9.17, 15) is 5.11 Å². The van der Waals surface area contributed by atoms with Crippen LogP contribution >= 0.6 is 0 Å². The van der Waals surface area contributed by atoms with Crippen molar-refractivity contribution in [3.05, 3.63) is 0 Å². The predicted octanol–water partition coefficient (Wildman–Crippen LogP) is 3.61. The summed E-state index contributed by atoms with van der Waals surface area (Å²) in [5.41, 5.74) is 0.907. The molecule has 1 N–H and O–H groups in total. The van der Waals surface area contributed by atoms with E-state index in [1.165, 1.54) is 32.1 Å². The van der Waals surface area contributed by atoms with Gasteiger partial charge in [0, 0.05) is 0 Å². The fourth-order valence-corrected chi connectivity index (χ4v) is 3.77. The third kappa shape index (κ3) is 1.95. The summed E-state index contributed by atoms with van der Waals surface area (Å²) in [6, 6.07) is 0. The Hall–Kier alpha value is -0.0400. The van der Waals surface area contributed by atoms with E-state index in [1.54, 1.807) is 0 Å². The van der Waals surface area contributed by atoms with Crippen LogP contribution in [0.3, 0.4) is 0 Å². The SMILES string of the molecule is CC(C)CC12CCC(C)(C(C)O)CC1C2. The van der Waals surface area contributed by atoms with E-state index < -0.39 is 0 Å². The number of fused-ring (bicyclic) bond motifs is 1. The Morgan fingerprint density at radius 2 is 1.87 bits per heavy atom. The van der Waals surface area contributed by atoms with Crippen molar-refractivity contribution in [3.8, 4) is 0 Å². The quantitative estimate of drug-likeness (QED) is 0.754. The summed E-state index contributed by atoms with van der Waals surface area (Å²) in [4.78, 5) is 0. The minimum Gasteiger partial charge on any atom is -0.393 e. The molecule has 1 nitrogen and oxygen atoms in total. The lowest BCUT2D eigenvalue weighted by Gasteiger charge is -2.39. The van der Waals surface area contributed by atoms with E-state index in [2.05, 4.69) is 20.8 Å². The second kappa shape index (κ2) is 3.48. The Bertz CT molecular complexity index is 246. The summed E-state index contributed by atoms with van der Waals surface area (Å²) in [6.07, 6.45) is 6.57. The summed E-state index contributed by atoms with van der Waals surface area (Å²) >= 11 is 0. The Morgan fingerprint density at radius 3 is 2.33 bits per heavy atom. The zero-order valence-corrected chi connectivity index (χ0v) is 10.7. The van der Waals surface area contributed by atoms with Crippen LogP contribution in [0.4, 0.5) is 0 Å². The summed E-state index contributed by atoms with van der Waals surface area (Å²) in [7, 11) is 0. The largest absolute Gasteiger partial charge is 0.393 e. The van der Waals surface area contributed by atoms with Crippen molar-refractivity contribution in [3.63, 3.8) is 0 Å². The Labute approximate surface area is 94.3 Å². The summed E-state index contributed by atoms with van der Waals surface area (Å²) < 4.78 is 0. The highest BCUT2D eigenvalue weighted by Crippen LogP contribution is 2.68. The van der Waals surface area contributed by atoms with Crippen molar-refractivity contribution in [2.45, 2.75) is 65.9 Å². The summed E-state index contributed by atoms with van der Waals surface area (Å²) in [6.45, 7) is 8.92. The van der Waals surface area contributed by atoms with Gasteiger partial charge in [0.05, 0.1) is 6.10 Å². The van der Waals surface area contributed by atoms with Gasteiger partial charge in [-0.3, -0.25) is 0 Å². The van der Waals surface area contributed by atoms with Crippen LogP contribution in [-0.2, 0) is 0 Å². The maximum Gasteiger partial charge on any atom is 0.0565 e. The zero-order valence-electron chi connectivity index (χ0n) is 10.7. The third-order valence-corrected chi connectivity index (χ3v) is 5.09. The third-order valence-electron chi connectivity index (χ3n) is 5.09. The molecular formula is C14H26O. The molecule has 2 aliphatic rings. The van der Waals surface area contributed by atoms with Crippen molar-refractivity contribution in [2.75, 3.05) is 0 Å². The van der Waals surface area contributed by atoms with Crippen LogP contribution in [0.1, 0.15) is 59.8 Å². The number of hydrogen-bond donors (Lipinski definition) is 1. The van der Waals surface area contributed by atoms with Gasteiger partial charge in [-0.25, -0.2) is 0 Å². The van der Waals surface area contributed by atoms with Gasteiger partial charge in [0.15, 0.2) is 0 Å². The first-order chi connectivity index (χ1) is 6.88. The molecule has 15 heavy (non-hydrogen) atoms. The normalized spacial score (nSPS) is 46.4. The molecule has 0 spiro atoms. The average molecular weight is 210 g/mol. The summed E-state index contributed by atoms with van der Waals surface area (Å²) in [5.74, 6) is 1.76. The van der Waals surface area contributed by atoms with Gasteiger partial charge in [0.2, 0.25) is 0 Å². The molecule has 0 heterocycles. The van der Waals surface area contributed by atoms with Crippen LogP contribution in [0, 0.1) is 22.7 Å². The molecule has 0 amide bonds. The highest BCUT2D eigenvalue weighted by Gasteiger charge is 2.59. The fraction of sp³-hybridized carbons (Fsp3) is 1.00. The van der Waals surface area contributed by atoms with E-state index in [4.69, 9.17) is 0 Å². The van der Waals surface area contributed by atoms with Crippen molar-refractivity contribution < 1.29 is 5.11 Å². The second-order valence-corrected chi connectivity index (χ2v) is 6.90. The van der Waals surface area contributed by atoms with E-state index in [0.29, 0.717) is 5.41 Å². The van der Waals surface area contributed by atoms with Crippen LogP contribution in [-0.4, -0.2) is 11.2 Å². The lowest BCUT2D eigenvalue weighted by molar-refractivity contribution is 0.00690. The molecule has 0 aromatic rings. The number of aliphatic hydroxyl groups excluding tert-OH is 1. The molecule has 0 bridgehead atoms. The average Bonchev–Trinajstić information content (AvgIpc) is 2.76. The Balaban J connectivity index is 1.97. The van der Waals surface area contributed by atoms with Crippen molar-refractivity contribution >= 4 is 0 Å². The first kappa shape index (κ1) is 11.4. The molecule has 0 aliphatic heterocycles. The lowest BCUT2D eigenvalue weighted by atomic mass is 9.67. The molecule has 0 aromatic carbocycles. The van der Waals surface area contributed by atoms with Gasteiger partial charge < -0.3 is 5.11 Å². The Kier molecular flexibility index (Phi) is 2.65. The van der Waals surface area contributed by atoms with Gasteiger partial charge in [-0.15, -0.1) is 0 Å². The van der Waals surface area contributed by atoms with E-state index in [-0.39, 0.29) is 11.5 Å². The second-order valence-electron chi connectivity index (χ2n) is 6.90. The molecule has 0 aromatic heterocycles. The monoisotopic (exact) mass is 210 g/mol. The van der Waals surface area contributed by atoms with Gasteiger partial charge >= 0.3 is 0 Å². The molecule has 2 rings (SSSR count). The minimum absolute atomic E-state index is 0.129. The van der Waals surface area contributed by atoms with Crippen molar-refractivity contribution in [2.24, 2.45) is 22.7 Å². The Morgan fingerprint density at radius 1 is 1.20 bits per heavy atom. The van der Waals surface area contributed by atoms with Crippen molar-refractivity contribution in [1.29, 1.82) is 0 Å². The molecule has 1 heteroatoms. The van der Waals surface area contributed by atoms with Crippen LogP contribution in [0.15, 0.2) is 0 Å². The molecule has 0 radical (unpaired) electrons. The molecular weight excluding hydrogens is 184 g/mol. The van der Waals surface area contributed by atoms with Gasteiger partial charge in [-0.05, 0) is 61.7 Å². The van der Waals surface area contributed by atoms with Crippen LogP contribution in [0.25, 0.3) is 0 Å². The fourth-order valence-electron chi connectivity index (χ4n) is 3.77. The summed E-state index contributed by atoms with van der Waals surface area (Å²) in [5, 5.41) is 9.84. The molecule has 2 aliphatic carbocycles. The molecule has 4 atom stereocenters. The molecule has 4 unspecified atom stereocenters. The van der Waals surface area contributed by atoms with Gasteiger partial charge in [-0.1, -0.05) is 20.8 Å². The first-order valence-corrected chi connectivity index (χ1v) is 6.56. The minimum atomic E-state index is -0.129. The smallest absolute Gasteiger partial charge is 0.0565 e. The first-order valence-electron chi connectivity index (χ1n) is 6.56. The standard InChI is InChI=1S/C14H26O/c1-10(2)7-14-6-5-13(4,11(3)15)8-12(14)9-14/h10-12,15H,5-9H2,1-4H3. The lowest BCUT2D eigenvalue weighted by Crippen LogP contribution is -2.35. The van der Waals surface area contributed by atoms with Crippen LogP contribution in [0.2, 0.25) is 0 Å². The highest BCUT2D eigenvalue weighted by atomic mass is 16.3. The maximum atomic E-state index is 9.84. The van der Waals surface area contributed by atoms with Crippen LogP contribution in [0.5, 0.6) is 0 Å². The van der Waals surface area contributed by atoms with Gasteiger partial charge in [-0.2, -0.15) is 0 Å². The van der Waals surface area contributed by atoms with E-state index in [1.807, 2.05) is 6.92 Å². The zero-order chi connectivity index (χ0) is 11.3. The molecule has 88 valence electrons. The van der Waals surface area contributed by atoms with Gasteiger partial charge in [0.25, 0.3) is 0 Å². The molecule has 2 fully saturated rings. The number of aliphatic hydroxyl groups is 1. The van der Waals surface area contributed by atoms with Crippen molar-refractivity contribution in [1.82, 2.24) is 0 Å². The predicted molar refractivity (Wildman–Crippen MR) is 63.6 cm³/mol. The van der Waals surface area contributed by atoms with Gasteiger partial charge in [0.1, 0.15) is 0 Å². The topological polar surface area (TPSA) is 20.2 Å². The number of rotatable bonds is 3. The maximum absolute atomic E-state index is 9.84. The van der Waals surface area contributed by atoms with E-state index in [0.717, 1.165) is 11.8 Å². The highest BCUT2D eigenvalue weighted by molar-refractivity contribution is 5.09.